The first-order valence-corrected chi connectivity index (χ1v) is 5.05. The number of rotatable bonds is 1. The highest BCUT2D eigenvalue weighted by Crippen LogP contribution is 2.29. The average molecular weight is 248 g/mol. The molecule has 1 aromatic carbocycles. The Kier molecular flexibility index (Phi) is 3.02. The third-order valence-corrected chi connectivity index (χ3v) is 2.35. The van der Waals surface area contributed by atoms with E-state index in [2.05, 4.69) is 4.98 Å². The fraction of sp³-hybridized carbons (Fsp3) is 0.0769. The molecule has 0 saturated heterocycles. The molecule has 18 heavy (non-hydrogen) atoms. The van der Waals surface area contributed by atoms with Crippen molar-refractivity contribution in [1.29, 1.82) is 5.26 Å². The molecule has 0 radical (unpaired) electrons. The third-order valence-electron chi connectivity index (χ3n) is 2.35. The summed E-state index contributed by atoms with van der Waals surface area (Å²) in [6, 6.07) is 11.9. The molecule has 5 heteroatoms. The number of hydrogen-bond donors (Lipinski definition) is 0. The van der Waals surface area contributed by atoms with E-state index in [0.29, 0.717) is 11.1 Å². The largest absolute Gasteiger partial charge is 0.433 e. The van der Waals surface area contributed by atoms with Crippen LogP contribution in [0.4, 0.5) is 13.2 Å². The summed E-state index contributed by atoms with van der Waals surface area (Å²) in [6.45, 7) is 0. The SMILES string of the molecule is N#Cc1ccc(-c2cccc(C(F)(F)F)n2)cc1. The molecule has 0 bridgehead atoms. The number of pyridine rings is 1. The average Bonchev–Trinajstić information content (AvgIpc) is 2.38. The van der Waals surface area contributed by atoms with Gasteiger partial charge in [0.15, 0.2) is 0 Å². The number of nitrogens with zero attached hydrogens (tertiary/aromatic N) is 2. The van der Waals surface area contributed by atoms with Gasteiger partial charge in [-0.05, 0) is 24.3 Å². The first-order valence-electron chi connectivity index (χ1n) is 5.05. The van der Waals surface area contributed by atoms with Gasteiger partial charge in [0.1, 0.15) is 5.69 Å². The zero-order chi connectivity index (χ0) is 13.2. The van der Waals surface area contributed by atoms with Crippen molar-refractivity contribution in [2.24, 2.45) is 0 Å². The van der Waals surface area contributed by atoms with Gasteiger partial charge in [0.05, 0.1) is 17.3 Å². The second kappa shape index (κ2) is 4.49. The Bertz CT molecular complexity index is 595. The maximum absolute atomic E-state index is 12.5. The molecule has 1 heterocycles. The highest BCUT2D eigenvalue weighted by molar-refractivity contribution is 5.60. The van der Waals surface area contributed by atoms with Gasteiger partial charge in [0.2, 0.25) is 0 Å². The van der Waals surface area contributed by atoms with Gasteiger partial charge < -0.3 is 0 Å². The van der Waals surface area contributed by atoms with Crippen molar-refractivity contribution in [2.75, 3.05) is 0 Å². The number of nitriles is 1. The summed E-state index contributed by atoms with van der Waals surface area (Å²) < 4.78 is 37.5. The Morgan fingerprint density at radius 3 is 2.22 bits per heavy atom. The number of halogens is 3. The van der Waals surface area contributed by atoms with E-state index in [-0.39, 0.29) is 5.69 Å². The van der Waals surface area contributed by atoms with Crippen LogP contribution in [-0.2, 0) is 6.18 Å². The molecule has 2 nitrogen and oxygen atoms in total. The van der Waals surface area contributed by atoms with Crippen LogP contribution in [0.1, 0.15) is 11.3 Å². The molecule has 1 aromatic heterocycles. The summed E-state index contributed by atoms with van der Waals surface area (Å²) in [4.78, 5) is 3.56. The van der Waals surface area contributed by atoms with Gasteiger partial charge in [0.25, 0.3) is 0 Å². The van der Waals surface area contributed by atoms with Crippen LogP contribution in [0.15, 0.2) is 42.5 Å². The molecule has 0 unspecified atom stereocenters. The summed E-state index contributed by atoms with van der Waals surface area (Å²) in [7, 11) is 0. The van der Waals surface area contributed by atoms with Crippen LogP contribution in [0.25, 0.3) is 11.3 Å². The maximum atomic E-state index is 12.5. The fourth-order valence-corrected chi connectivity index (χ4v) is 1.47. The maximum Gasteiger partial charge on any atom is 0.433 e. The van der Waals surface area contributed by atoms with Crippen molar-refractivity contribution in [2.45, 2.75) is 6.18 Å². The lowest BCUT2D eigenvalue weighted by Crippen LogP contribution is -2.07. The summed E-state index contributed by atoms with van der Waals surface area (Å²) >= 11 is 0. The summed E-state index contributed by atoms with van der Waals surface area (Å²) in [5.74, 6) is 0. The van der Waals surface area contributed by atoms with Crippen molar-refractivity contribution in [1.82, 2.24) is 4.98 Å². The van der Waals surface area contributed by atoms with E-state index < -0.39 is 11.9 Å². The number of alkyl halides is 3. The highest BCUT2D eigenvalue weighted by Gasteiger charge is 2.32. The molecular formula is C13H7F3N2. The molecule has 0 saturated carbocycles. The van der Waals surface area contributed by atoms with Crippen LogP contribution in [0.2, 0.25) is 0 Å². The minimum atomic E-state index is -4.46. The third kappa shape index (κ3) is 2.48. The lowest BCUT2D eigenvalue weighted by atomic mass is 10.1. The van der Waals surface area contributed by atoms with Crippen molar-refractivity contribution in [3.8, 4) is 17.3 Å². The first kappa shape index (κ1) is 12.1. The van der Waals surface area contributed by atoms with Crippen LogP contribution >= 0.6 is 0 Å². The summed E-state index contributed by atoms with van der Waals surface area (Å²) in [5.41, 5.74) is 0.296. The molecule has 0 spiro atoms. The lowest BCUT2D eigenvalue weighted by molar-refractivity contribution is -0.141. The van der Waals surface area contributed by atoms with Gasteiger partial charge in [-0.3, -0.25) is 0 Å². The second-order valence-electron chi connectivity index (χ2n) is 3.59. The molecule has 0 atom stereocenters. The van der Waals surface area contributed by atoms with Gasteiger partial charge in [-0.2, -0.15) is 18.4 Å². The molecule has 90 valence electrons. The molecule has 0 amide bonds. The van der Waals surface area contributed by atoms with Gasteiger partial charge in [-0.1, -0.05) is 18.2 Å². The molecule has 2 aromatic rings. The Balaban J connectivity index is 2.42. The van der Waals surface area contributed by atoms with E-state index in [4.69, 9.17) is 5.26 Å². The van der Waals surface area contributed by atoms with E-state index in [1.165, 1.54) is 24.3 Å². The smallest absolute Gasteiger partial charge is 0.243 e. The van der Waals surface area contributed by atoms with Crippen LogP contribution in [0.5, 0.6) is 0 Å². The predicted octanol–water partition coefficient (Wildman–Crippen LogP) is 3.64. The molecule has 2 rings (SSSR count). The zero-order valence-electron chi connectivity index (χ0n) is 9.07. The monoisotopic (exact) mass is 248 g/mol. The van der Waals surface area contributed by atoms with E-state index in [1.54, 1.807) is 12.1 Å². The van der Waals surface area contributed by atoms with Crippen LogP contribution in [0, 0.1) is 11.3 Å². The summed E-state index contributed by atoms with van der Waals surface area (Å²) in [6.07, 6.45) is -4.46. The molecule has 0 aliphatic carbocycles. The van der Waals surface area contributed by atoms with Crippen molar-refractivity contribution in [3.63, 3.8) is 0 Å². The van der Waals surface area contributed by atoms with E-state index in [1.807, 2.05) is 6.07 Å². The van der Waals surface area contributed by atoms with E-state index in [0.717, 1.165) is 6.07 Å². The highest BCUT2D eigenvalue weighted by atomic mass is 19.4. The molecule has 0 N–H and O–H groups in total. The number of hydrogen-bond acceptors (Lipinski definition) is 2. The molecular weight excluding hydrogens is 241 g/mol. The van der Waals surface area contributed by atoms with Gasteiger partial charge in [-0.25, -0.2) is 4.98 Å². The quantitative estimate of drug-likeness (QED) is 0.772. The molecule has 0 fully saturated rings. The van der Waals surface area contributed by atoms with Crippen LogP contribution < -0.4 is 0 Å². The molecule has 0 aliphatic rings. The Labute approximate surface area is 101 Å². The van der Waals surface area contributed by atoms with Gasteiger partial charge >= 0.3 is 6.18 Å². The minimum Gasteiger partial charge on any atom is -0.243 e. The van der Waals surface area contributed by atoms with Crippen molar-refractivity contribution >= 4 is 0 Å². The fourth-order valence-electron chi connectivity index (χ4n) is 1.47. The minimum absolute atomic E-state index is 0.231. The normalized spacial score (nSPS) is 11.0. The zero-order valence-corrected chi connectivity index (χ0v) is 9.07. The lowest BCUT2D eigenvalue weighted by Gasteiger charge is -2.07. The van der Waals surface area contributed by atoms with E-state index >= 15 is 0 Å². The number of benzene rings is 1. The number of aromatic nitrogens is 1. The van der Waals surface area contributed by atoms with Crippen molar-refractivity contribution < 1.29 is 13.2 Å². The van der Waals surface area contributed by atoms with E-state index in [9.17, 15) is 13.2 Å². The van der Waals surface area contributed by atoms with Gasteiger partial charge in [-0.15, -0.1) is 0 Å². The summed E-state index contributed by atoms with van der Waals surface area (Å²) in [5, 5.41) is 8.64. The second-order valence-corrected chi connectivity index (χ2v) is 3.59. The Morgan fingerprint density at radius 2 is 1.67 bits per heavy atom. The van der Waals surface area contributed by atoms with Crippen LogP contribution in [0.3, 0.4) is 0 Å². The van der Waals surface area contributed by atoms with Crippen LogP contribution in [-0.4, -0.2) is 4.98 Å². The first-order chi connectivity index (χ1) is 8.50. The standard InChI is InChI=1S/C13H7F3N2/c14-13(15,16)12-3-1-2-11(18-12)10-6-4-9(8-17)5-7-10/h1-7H. The Hall–Kier alpha value is -2.35. The van der Waals surface area contributed by atoms with Gasteiger partial charge in [0, 0.05) is 5.56 Å². The topological polar surface area (TPSA) is 36.7 Å². The van der Waals surface area contributed by atoms with Crippen molar-refractivity contribution in [3.05, 3.63) is 53.7 Å². The predicted molar refractivity (Wildman–Crippen MR) is 59.4 cm³/mol. The molecule has 0 aliphatic heterocycles. The Morgan fingerprint density at radius 1 is 1.00 bits per heavy atom.